The standard InChI is InChI=1S/C30H25N2O2P/c31-22-10-8-12-24(20-22)33-27-16-4-6-18-29(27)35(26-14-2-1-3-15-26)30-19-7-5-17-28(30)34-25-13-9-11-23(32)21-25/h1-21H,31-32H2. The molecular weight excluding hydrogens is 451 g/mol. The van der Waals surface area contributed by atoms with Crippen molar-refractivity contribution < 1.29 is 9.47 Å². The average Bonchev–Trinajstić information content (AvgIpc) is 2.87. The Morgan fingerprint density at radius 1 is 0.457 bits per heavy atom. The van der Waals surface area contributed by atoms with E-state index >= 15 is 0 Å². The van der Waals surface area contributed by atoms with Crippen molar-refractivity contribution in [2.45, 2.75) is 0 Å². The SMILES string of the molecule is Nc1cccc(Oc2ccccc2P(c2ccccc2)c2ccccc2Oc2cccc(N)c2)c1. The average molecular weight is 477 g/mol. The van der Waals surface area contributed by atoms with E-state index in [0.717, 1.165) is 22.1 Å². The summed E-state index contributed by atoms with van der Waals surface area (Å²) in [4.78, 5) is 0. The van der Waals surface area contributed by atoms with E-state index in [0.29, 0.717) is 22.9 Å². The van der Waals surface area contributed by atoms with Crippen molar-refractivity contribution in [2.24, 2.45) is 0 Å². The van der Waals surface area contributed by atoms with Gasteiger partial charge in [0.1, 0.15) is 23.0 Å². The number of benzene rings is 5. The minimum absolute atomic E-state index is 0.659. The molecule has 0 saturated heterocycles. The number of hydrogen-bond donors (Lipinski definition) is 2. The molecule has 4 N–H and O–H groups in total. The van der Waals surface area contributed by atoms with E-state index in [4.69, 9.17) is 20.9 Å². The van der Waals surface area contributed by atoms with Gasteiger partial charge >= 0.3 is 0 Å². The second kappa shape index (κ2) is 10.3. The van der Waals surface area contributed by atoms with Crippen molar-refractivity contribution in [3.05, 3.63) is 127 Å². The van der Waals surface area contributed by atoms with Gasteiger partial charge in [0.15, 0.2) is 0 Å². The lowest BCUT2D eigenvalue weighted by atomic mass is 10.3. The quantitative estimate of drug-likeness (QED) is 0.217. The number of anilines is 2. The Morgan fingerprint density at radius 2 is 0.914 bits per heavy atom. The Kier molecular flexibility index (Phi) is 6.65. The molecule has 0 bridgehead atoms. The summed E-state index contributed by atoms with van der Waals surface area (Å²) in [6.07, 6.45) is 0. The van der Waals surface area contributed by atoms with Gasteiger partial charge in [-0.1, -0.05) is 78.9 Å². The first-order valence-corrected chi connectivity index (χ1v) is 12.6. The lowest BCUT2D eigenvalue weighted by molar-refractivity contribution is 0.486. The van der Waals surface area contributed by atoms with Crippen molar-refractivity contribution in [1.29, 1.82) is 0 Å². The molecule has 0 heterocycles. The third-order valence-corrected chi connectivity index (χ3v) is 7.92. The first kappa shape index (κ1) is 22.5. The van der Waals surface area contributed by atoms with Gasteiger partial charge in [0.05, 0.1) is 0 Å². The zero-order chi connectivity index (χ0) is 24.0. The molecule has 0 aliphatic heterocycles. The summed E-state index contributed by atoms with van der Waals surface area (Å²) < 4.78 is 12.7. The van der Waals surface area contributed by atoms with Crippen molar-refractivity contribution in [2.75, 3.05) is 11.5 Å². The van der Waals surface area contributed by atoms with Crippen LogP contribution in [-0.2, 0) is 0 Å². The molecule has 0 aliphatic rings. The lowest BCUT2D eigenvalue weighted by Gasteiger charge is -2.24. The zero-order valence-corrected chi connectivity index (χ0v) is 19.9. The Labute approximate surface area is 206 Å². The molecule has 0 aliphatic carbocycles. The molecular formula is C30H25N2O2P. The van der Waals surface area contributed by atoms with E-state index in [2.05, 4.69) is 36.4 Å². The maximum atomic E-state index is 6.37. The summed E-state index contributed by atoms with van der Waals surface area (Å²) >= 11 is 0. The monoisotopic (exact) mass is 476 g/mol. The van der Waals surface area contributed by atoms with Crippen LogP contribution < -0.4 is 36.9 Å². The molecule has 0 radical (unpaired) electrons. The number of nitrogen functional groups attached to an aromatic ring is 2. The third kappa shape index (κ3) is 5.29. The maximum absolute atomic E-state index is 6.37. The van der Waals surface area contributed by atoms with Crippen LogP contribution in [-0.4, -0.2) is 0 Å². The van der Waals surface area contributed by atoms with Crippen LogP contribution in [0.2, 0.25) is 0 Å². The molecule has 5 aromatic carbocycles. The summed E-state index contributed by atoms with van der Waals surface area (Å²) in [5, 5.41) is 3.36. The Morgan fingerprint density at radius 3 is 1.40 bits per heavy atom. The molecule has 0 unspecified atom stereocenters. The van der Waals surface area contributed by atoms with Crippen LogP contribution >= 0.6 is 7.92 Å². The molecule has 4 nitrogen and oxygen atoms in total. The molecule has 172 valence electrons. The molecule has 0 aromatic heterocycles. The predicted octanol–water partition coefficient (Wildman–Crippen LogP) is 6.19. The van der Waals surface area contributed by atoms with Crippen LogP contribution in [0.15, 0.2) is 127 Å². The predicted molar refractivity (Wildman–Crippen MR) is 147 cm³/mol. The first-order valence-electron chi connectivity index (χ1n) is 11.3. The molecule has 0 fully saturated rings. The highest BCUT2D eigenvalue weighted by atomic mass is 31.1. The van der Waals surface area contributed by atoms with Crippen molar-refractivity contribution >= 4 is 35.2 Å². The molecule has 0 atom stereocenters. The highest BCUT2D eigenvalue weighted by molar-refractivity contribution is 7.80. The molecule has 0 amide bonds. The second-order valence-electron chi connectivity index (χ2n) is 7.96. The summed E-state index contributed by atoms with van der Waals surface area (Å²) in [6.45, 7) is 0. The van der Waals surface area contributed by atoms with Crippen LogP contribution in [0.1, 0.15) is 0 Å². The fraction of sp³-hybridized carbons (Fsp3) is 0. The minimum atomic E-state index is -1.01. The zero-order valence-electron chi connectivity index (χ0n) is 19.0. The van der Waals surface area contributed by atoms with Gasteiger partial charge in [0.25, 0.3) is 0 Å². The van der Waals surface area contributed by atoms with Crippen LogP contribution in [0.5, 0.6) is 23.0 Å². The van der Waals surface area contributed by atoms with Crippen LogP contribution in [0.3, 0.4) is 0 Å². The lowest BCUT2D eigenvalue weighted by Crippen LogP contribution is -2.22. The smallest absolute Gasteiger partial charge is 0.135 e. The number of nitrogens with two attached hydrogens (primary N) is 2. The van der Waals surface area contributed by atoms with Crippen LogP contribution in [0, 0.1) is 0 Å². The van der Waals surface area contributed by atoms with Crippen molar-refractivity contribution in [1.82, 2.24) is 0 Å². The number of para-hydroxylation sites is 2. The molecule has 35 heavy (non-hydrogen) atoms. The number of ether oxygens (including phenoxy) is 2. The van der Waals surface area contributed by atoms with Gasteiger partial charge in [-0.25, -0.2) is 0 Å². The molecule has 0 spiro atoms. The van der Waals surface area contributed by atoms with Crippen molar-refractivity contribution in [3.63, 3.8) is 0 Å². The fourth-order valence-corrected chi connectivity index (χ4v) is 6.29. The van der Waals surface area contributed by atoms with Gasteiger partial charge in [0, 0.05) is 34.1 Å². The van der Waals surface area contributed by atoms with Crippen LogP contribution in [0.25, 0.3) is 0 Å². The topological polar surface area (TPSA) is 70.5 Å². The third-order valence-electron chi connectivity index (χ3n) is 5.40. The minimum Gasteiger partial charge on any atom is -0.457 e. The Balaban J connectivity index is 1.63. The second-order valence-corrected chi connectivity index (χ2v) is 10.1. The number of hydrogen-bond acceptors (Lipinski definition) is 4. The van der Waals surface area contributed by atoms with Gasteiger partial charge in [-0.3, -0.25) is 0 Å². The fourth-order valence-electron chi connectivity index (χ4n) is 3.85. The van der Waals surface area contributed by atoms with Gasteiger partial charge in [0.2, 0.25) is 0 Å². The Hall–Kier alpha value is -4.27. The van der Waals surface area contributed by atoms with E-state index in [-0.39, 0.29) is 0 Å². The summed E-state index contributed by atoms with van der Waals surface area (Å²) in [6, 6.07) is 41.7. The largest absolute Gasteiger partial charge is 0.457 e. The molecule has 5 heteroatoms. The maximum Gasteiger partial charge on any atom is 0.135 e. The highest BCUT2D eigenvalue weighted by Gasteiger charge is 2.24. The van der Waals surface area contributed by atoms with Gasteiger partial charge in [-0.15, -0.1) is 0 Å². The highest BCUT2D eigenvalue weighted by Crippen LogP contribution is 2.41. The summed E-state index contributed by atoms with van der Waals surface area (Å²) in [5.41, 5.74) is 13.3. The normalized spacial score (nSPS) is 10.8. The van der Waals surface area contributed by atoms with E-state index in [1.165, 1.54) is 5.30 Å². The van der Waals surface area contributed by atoms with E-state index in [1.54, 1.807) is 0 Å². The van der Waals surface area contributed by atoms with Gasteiger partial charge < -0.3 is 20.9 Å². The molecule has 5 rings (SSSR count). The van der Waals surface area contributed by atoms with Crippen molar-refractivity contribution in [3.8, 4) is 23.0 Å². The number of rotatable bonds is 7. The molecule has 5 aromatic rings. The van der Waals surface area contributed by atoms with Gasteiger partial charge in [-0.2, -0.15) is 0 Å². The van der Waals surface area contributed by atoms with Gasteiger partial charge in [-0.05, 0) is 49.6 Å². The Bertz CT molecular complexity index is 1350. The summed E-state index contributed by atoms with van der Waals surface area (Å²) in [7, 11) is -1.01. The van der Waals surface area contributed by atoms with E-state index < -0.39 is 7.92 Å². The van der Waals surface area contributed by atoms with E-state index in [1.807, 2.05) is 91.0 Å². The first-order chi connectivity index (χ1) is 17.2. The van der Waals surface area contributed by atoms with Crippen LogP contribution in [0.4, 0.5) is 11.4 Å². The van der Waals surface area contributed by atoms with E-state index in [9.17, 15) is 0 Å². The summed E-state index contributed by atoms with van der Waals surface area (Å²) in [5.74, 6) is 2.97. The molecule has 0 saturated carbocycles.